The maximum Gasteiger partial charge on any atom is 0.185 e. The van der Waals surface area contributed by atoms with Gasteiger partial charge in [0.15, 0.2) is 12.0 Å². The average molecular weight is 182 g/mol. The first-order valence-corrected chi connectivity index (χ1v) is 4.51. The Morgan fingerprint density at radius 2 is 2.15 bits per heavy atom. The highest BCUT2D eigenvalue weighted by molar-refractivity contribution is 5.70. The summed E-state index contributed by atoms with van der Waals surface area (Å²) in [5, 5.41) is 8.54. The van der Waals surface area contributed by atoms with E-state index in [1.807, 2.05) is 6.07 Å². The molecule has 0 atom stereocenters. The van der Waals surface area contributed by atoms with Crippen molar-refractivity contribution in [3.63, 3.8) is 0 Å². The molecule has 13 heavy (non-hydrogen) atoms. The quantitative estimate of drug-likeness (QED) is 0.539. The van der Waals surface area contributed by atoms with Crippen LogP contribution in [0.3, 0.4) is 0 Å². The molecule has 0 aromatic carbocycles. The van der Waals surface area contributed by atoms with Crippen molar-refractivity contribution in [2.45, 2.75) is 25.7 Å². The van der Waals surface area contributed by atoms with Crippen LogP contribution in [0.1, 0.15) is 35.6 Å². The summed E-state index contributed by atoms with van der Waals surface area (Å²) in [4.78, 5) is 10.3. The van der Waals surface area contributed by atoms with Gasteiger partial charge in [-0.3, -0.25) is 4.79 Å². The molecule has 3 heteroatoms. The summed E-state index contributed by atoms with van der Waals surface area (Å²) in [7, 11) is 0. The Hall–Kier alpha value is -1.09. The molecule has 1 N–H and O–H groups in total. The number of hydrogen-bond acceptors (Lipinski definition) is 3. The highest BCUT2D eigenvalue weighted by Gasteiger charge is 1.99. The molecule has 0 fully saturated rings. The topological polar surface area (TPSA) is 50.4 Å². The minimum Gasteiger partial charge on any atom is -0.458 e. The van der Waals surface area contributed by atoms with Gasteiger partial charge in [0.25, 0.3) is 0 Å². The lowest BCUT2D eigenvalue weighted by molar-refractivity contribution is 0.109. The van der Waals surface area contributed by atoms with Gasteiger partial charge in [-0.15, -0.1) is 0 Å². The van der Waals surface area contributed by atoms with E-state index in [0.29, 0.717) is 12.0 Å². The van der Waals surface area contributed by atoms with Gasteiger partial charge in [-0.2, -0.15) is 0 Å². The van der Waals surface area contributed by atoms with E-state index in [1.165, 1.54) is 0 Å². The molecule has 1 rings (SSSR count). The highest BCUT2D eigenvalue weighted by atomic mass is 16.3. The molecule has 1 aromatic heterocycles. The summed E-state index contributed by atoms with van der Waals surface area (Å²) < 4.78 is 5.18. The Kier molecular flexibility index (Phi) is 4.26. The number of unbranched alkanes of at least 4 members (excludes halogenated alkanes) is 2. The zero-order chi connectivity index (χ0) is 9.52. The minimum absolute atomic E-state index is 0.248. The van der Waals surface area contributed by atoms with E-state index in [0.717, 1.165) is 31.4 Å². The van der Waals surface area contributed by atoms with Gasteiger partial charge in [0.05, 0.1) is 0 Å². The summed E-state index contributed by atoms with van der Waals surface area (Å²) in [6, 6.07) is 3.50. The molecule has 0 radical (unpaired) electrons. The number of furan rings is 1. The first-order valence-electron chi connectivity index (χ1n) is 4.51. The van der Waals surface area contributed by atoms with Crippen molar-refractivity contribution in [3.05, 3.63) is 23.7 Å². The second-order valence-corrected chi connectivity index (χ2v) is 2.96. The average Bonchev–Trinajstić information content (AvgIpc) is 2.60. The van der Waals surface area contributed by atoms with E-state index >= 15 is 0 Å². The number of aryl methyl sites for hydroxylation is 1. The molecule has 0 amide bonds. The lowest BCUT2D eigenvalue weighted by atomic mass is 10.2. The number of hydrogen-bond donors (Lipinski definition) is 1. The Morgan fingerprint density at radius 3 is 2.77 bits per heavy atom. The largest absolute Gasteiger partial charge is 0.458 e. The van der Waals surface area contributed by atoms with E-state index in [2.05, 4.69) is 0 Å². The summed E-state index contributed by atoms with van der Waals surface area (Å²) in [5.41, 5.74) is 0. The van der Waals surface area contributed by atoms with E-state index < -0.39 is 0 Å². The van der Waals surface area contributed by atoms with Gasteiger partial charge < -0.3 is 9.52 Å². The molecule has 0 spiro atoms. The zero-order valence-corrected chi connectivity index (χ0v) is 7.53. The maximum atomic E-state index is 10.3. The van der Waals surface area contributed by atoms with Gasteiger partial charge in [-0.25, -0.2) is 0 Å². The molecule has 0 aliphatic carbocycles. The first kappa shape index (κ1) is 9.99. The Morgan fingerprint density at radius 1 is 1.31 bits per heavy atom. The highest BCUT2D eigenvalue weighted by Crippen LogP contribution is 2.09. The molecule has 0 unspecified atom stereocenters. The third-order valence-corrected chi connectivity index (χ3v) is 1.88. The van der Waals surface area contributed by atoms with Gasteiger partial charge in [-0.1, -0.05) is 6.42 Å². The Labute approximate surface area is 77.4 Å². The van der Waals surface area contributed by atoms with Crippen molar-refractivity contribution in [1.82, 2.24) is 0 Å². The van der Waals surface area contributed by atoms with E-state index in [-0.39, 0.29) is 6.61 Å². The van der Waals surface area contributed by atoms with E-state index in [4.69, 9.17) is 9.52 Å². The van der Waals surface area contributed by atoms with Crippen molar-refractivity contribution in [3.8, 4) is 0 Å². The van der Waals surface area contributed by atoms with Gasteiger partial charge in [0.2, 0.25) is 0 Å². The van der Waals surface area contributed by atoms with Crippen LogP contribution >= 0.6 is 0 Å². The van der Waals surface area contributed by atoms with Crippen molar-refractivity contribution in [2.75, 3.05) is 6.61 Å². The van der Waals surface area contributed by atoms with Crippen LogP contribution in [-0.2, 0) is 6.42 Å². The summed E-state index contributed by atoms with van der Waals surface area (Å²) in [6.45, 7) is 0.248. The van der Waals surface area contributed by atoms with Crippen molar-refractivity contribution >= 4 is 6.29 Å². The van der Waals surface area contributed by atoms with Crippen LogP contribution in [0.25, 0.3) is 0 Å². The SMILES string of the molecule is O=Cc1ccc(CCCCCO)o1. The van der Waals surface area contributed by atoms with Gasteiger partial charge in [0, 0.05) is 13.0 Å². The number of aldehydes is 1. The van der Waals surface area contributed by atoms with Crippen LogP contribution < -0.4 is 0 Å². The summed E-state index contributed by atoms with van der Waals surface area (Å²) in [6.07, 6.45) is 4.37. The molecule has 72 valence electrons. The predicted molar refractivity (Wildman–Crippen MR) is 48.7 cm³/mol. The fraction of sp³-hybridized carbons (Fsp3) is 0.500. The van der Waals surface area contributed by atoms with Crippen LogP contribution in [0.4, 0.5) is 0 Å². The predicted octanol–water partition coefficient (Wildman–Crippen LogP) is 1.80. The molecule has 0 saturated carbocycles. The summed E-state index contributed by atoms with van der Waals surface area (Å²) >= 11 is 0. The van der Waals surface area contributed by atoms with Crippen LogP contribution in [-0.4, -0.2) is 18.0 Å². The van der Waals surface area contributed by atoms with Gasteiger partial charge >= 0.3 is 0 Å². The number of carbonyl (C=O) groups is 1. The molecule has 1 heterocycles. The van der Waals surface area contributed by atoms with E-state index in [1.54, 1.807) is 6.07 Å². The summed E-state index contributed by atoms with van der Waals surface area (Å²) in [5.74, 6) is 1.23. The van der Waals surface area contributed by atoms with E-state index in [9.17, 15) is 4.79 Å². The van der Waals surface area contributed by atoms with Crippen LogP contribution in [0, 0.1) is 0 Å². The normalized spacial score (nSPS) is 10.2. The fourth-order valence-corrected chi connectivity index (χ4v) is 1.18. The Balaban J connectivity index is 2.24. The molecule has 0 saturated heterocycles. The molecular weight excluding hydrogens is 168 g/mol. The monoisotopic (exact) mass is 182 g/mol. The van der Waals surface area contributed by atoms with Crippen LogP contribution in [0.15, 0.2) is 16.5 Å². The standard InChI is InChI=1S/C10H14O3/c11-7-3-1-2-4-9-5-6-10(8-12)13-9/h5-6,8,11H,1-4,7H2. The second-order valence-electron chi connectivity index (χ2n) is 2.96. The molecule has 0 aliphatic rings. The number of aliphatic hydroxyl groups is 1. The number of carbonyl (C=O) groups excluding carboxylic acids is 1. The Bertz CT molecular complexity index is 252. The number of aliphatic hydroxyl groups excluding tert-OH is 1. The third kappa shape index (κ3) is 3.42. The lowest BCUT2D eigenvalue weighted by Crippen LogP contribution is -1.86. The third-order valence-electron chi connectivity index (χ3n) is 1.88. The molecule has 0 aliphatic heterocycles. The zero-order valence-electron chi connectivity index (χ0n) is 7.53. The van der Waals surface area contributed by atoms with Crippen LogP contribution in [0.2, 0.25) is 0 Å². The molecule has 3 nitrogen and oxygen atoms in total. The van der Waals surface area contributed by atoms with Crippen molar-refractivity contribution in [2.24, 2.45) is 0 Å². The second kappa shape index (κ2) is 5.54. The fourth-order valence-electron chi connectivity index (χ4n) is 1.18. The minimum atomic E-state index is 0.248. The molecule has 1 aromatic rings. The first-order chi connectivity index (χ1) is 6.36. The van der Waals surface area contributed by atoms with Gasteiger partial charge in [0.1, 0.15) is 5.76 Å². The molecule has 0 bridgehead atoms. The molecular formula is C10H14O3. The smallest absolute Gasteiger partial charge is 0.185 e. The van der Waals surface area contributed by atoms with Crippen molar-refractivity contribution in [1.29, 1.82) is 0 Å². The van der Waals surface area contributed by atoms with Crippen molar-refractivity contribution < 1.29 is 14.3 Å². The van der Waals surface area contributed by atoms with Gasteiger partial charge in [-0.05, 0) is 25.0 Å². The number of rotatable bonds is 6. The van der Waals surface area contributed by atoms with Crippen LogP contribution in [0.5, 0.6) is 0 Å². The maximum absolute atomic E-state index is 10.3. The lowest BCUT2D eigenvalue weighted by Gasteiger charge is -1.95.